The Morgan fingerprint density at radius 2 is 1.03 bits per heavy atom. The van der Waals surface area contributed by atoms with Crippen LogP contribution in [0.15, 0.2) is 80.5 Å². The summed E-state index contributed by atoms with van der Waals surface area (Å²) in [6.45, 7) is 4.50. The summed E-state index contributed by atoms with van der Waals surface area (Å²) < 4.78 is 5.15. The van der Waals surface area contributed by atoms with E-state index in [0.29, 0.717) is 0 Å². The molecule has 0 amide bonds. The molecule has 0 bridgehead atoms. The molecule has 4 aromatic rings. The molecule has 0 aliphatic rings. The third-order valence-electron chi connectivity index (χ3n) is 6.21. The Morgan fingerprint density at radius 1 is 0.615 bits per heavy atom. The van der Waals surface area contributed by atoms with Gasteiger partial charge in [-0.2, -0.15) is 0 Å². The van der Waals surface area contributed by atoms with Crippen molar-refractivity contribution in [3.8, 4) is 0 Å². The normalized spacial score (nSPS) is 11.2. The number of para-hydroxylation sites is 2. The molecule has 210 valence electrons. The third-order valence-corrected chi connectivity index (χ3v) is 10.9. The van der Waals surface area contributed by atoms with E-state index < -0.39 is 9.20 Å². The van der Waals surface area contributed by atoms with Crippen molar-refractivity contribution in [2.75, 3.05) is 0 Å². The van der Waals surface area contributed by atoms with Gasteiger partial charge in [0.2, 0.25) is 0 Å². The van der Waals surface area contributed by atoms with Crippen LogP contribution >= 0.6 is 38.7 Å². The number of benzene rings is 2. The van der Waals surface area contributed by atoms with Gasteiger partial charge in [0.15, 0.2) is 0 Å². The summed E-state index contributed by atoms with van der Waals surface area (Å²) in [6, 6.07) is 21.2. The molecule has 0 radical (unpaired) electrons. The Kier molecular flexibility index (Phi) is 17.0. The van der Waals surface area contributed by atoms with Crippen LogP contribution in [0.2, 0.25) is 0 Å². The topological polar surface area (TPSA) is 84.6 Å². The van der Waals surface area contributed by atoms with Crippen molar-refractivity contribution < 1.29 is 9.20 Å². The standard InChI is InChI=1S/2C15H19N.2HI.Mo.2NO/c2*1-2-3-4-5-8-13-9-6-10-14-11-7-12-16-15(13)14;;;;2*1-2/h2*6-7,9-12H,2-5,8H2,1H3;2*1H;;;/q;;;;+4;2*-1/p-2. The maximum absolute atomic E-state index is 9.58. The fraction of sp³-hybridized carbons (Fsp3) is 0.400. The van der Waals surface area contributed by atoms with E-state index in [1.165, 1.54) is 84.3 Å². The first-order chi connectivity index (χ1) is 19.0. The summed E-state index contributed by atoms with van der Waals surface area (Å²) in [7, 11) is -3.03. The average molecular weight is 836 g/mol. The Labute approximate surface area is 257 Å². The molecule has 6 nitrogen and oxygen atoms in total. The van der Waals surface area contributed by atoms with Crippen LogP contribution in [0.5, 0.6) is 0 Å². The molecule has 0 aliphatic heterocycles. The van der Waals surface area contributed by atoms with Crippen LogP contribution in [0.1, 0.15) is 76.3 Å². The van der Waals surface area contributed by atoms with Gasteiger partial charge in [-0.25, -0.2) is 0 Å². The van der Waals surface area contributed by atoms with Gasteiger partial charge in [-0.05, 0) is 48.9 Å². The van der Waals surface area contributed by atoms with Gasteiger partial charge in [-0.15, -0.1) is 0 Å². The Bertz CT molecular complexity index is 1180. The van der Waals surface area contributed by atoms with E-state index in [2.05, 4.69) is 79.8 Å². The second-order valence-corrected chi connectivity index (χ2v) is 36.5. The molecular formula is C30H38I2MoN4O2. The molecule has 0 spiro atoms. The quantitative estimate of drug-likeness (QED) is 0.0616. The van der Waals surface area contributed by atoms with Crippen LogP contribution in [0.4, 0.5) is 0 Å². The number of hydrogen-bond acceptors (Lipinski definition) is 6. The van der Waals surface area contributed by atoms with Crippen LogP contribution in [0.25, 0.3) is 21.8 Å². The van der Waals surface area contributed by atoms with Crippen LogP contribution in [0, 0.1) is 9.81 Å². The number of nitroso groups, excluding NO2 is 2. The summed E-state index contributed by atoms with van der Waals surface area (Å²) in [6.07, 6.45) is 16.6. The first-order valence-corrected chi connectivity index (χ1v) is 27.3. The molecule has 9 heteroatoms. The van der Waals surface area contributed by atoms with E-state index in [-0.39, 0.29) is 0 Å². The van der Waals surface area contributed by atoms with Gasteiger partial charge in [0.1, 0.15) is 0 Å². The molecule has 39 heavy (non-hydrogen) atoms. The molecule has 0 N–H and O–H groups in total. The average Bonchev–Trinajstić information content (AvgIpc) is 2.98. The number of aryl methyl sites for hydroxylation is 2. The van der Waals surface area contributed by atoms with E-state index in [0.717, 1.165) is 12.8 Å². The Morgan fingerprint density at radius 3 is 1.38 bits per heavy atom. The van der Waals surface area contributed by atoms with Crippen molar-refractivity contribution in [1.82, 2.24) is 9.97 Å². The van der Waals surface area contributed by atoms with Crippen molar-refractivity contribution in [3.05, 3.63) is 94.0 Å². The zero-order chi connectivity index (χ0) is 28.3. The fourth-order valence-electron chi connectivity index (χ4n) is 4.24. The van der Waals surface area contributed by atoms with Gasteiger partial charge < -0.3 is 0 Å². The number of aromatic nitrogens is 2. The van der Waals surface area contributed by atoms with E-state index in [4.69, 9.17) is 0 Å². The summed E-state index contributed by atoms with van der Waals surface area (Å²) in [5.41, 5.74) is 5.16. The second-order valence-electron chi connectivity index (χ2n) is 9.17. The van der Waals surface area contributed by atoms with E-state index >= 15 is 0 Å². The summed E-state index contributed by atoms with van der Waals surface area (Å²) >= 11 is 3.44. The molecule has 4 rings (SSSR count). The van der Waals surface area contributed by atoms with Gasteiger partial charge >= 0.3 is 65.2 Å². The van der Waals surface area contributed by atoms with Gasteiger partial charge in [-0.3, -0.25) is 9.97 Å². The molecule has 2 aromatic carbocycles. The van der Waals surface area contributed by atoms with E-state index in [9.17, 15) is 9.81 Å². The number of nitrogens with zero attached hydrogens (tertiary/aromatic N) is 4. The summed E-state index contributed by atoms with van der Waals surface area (Å²) in [5.74, 6) is 0. The first kappa shape index (κ1) is 33.8. The molecule has 2 aromatic heterocycles. The molecule has 0 fully saturated rings. The van der Waals surface area contributed by atoms with Crippen molar-refractivity contribution in [3.63, 3.8) is 0 Å². The molecule has 2 heterocycles. The zero-order valence-electron chi connectivity index (χ0n) is 22.8. The number of hydrogen-bond donors (Lipinski definition) is 0. The van der Waals surface area contributed by atoms with Gasteiger partial charge in [0.05, 0.1) is 11.0 Å². The molecule has 0 unspecified atom stereocenters. The minimum atomic E-state index is -3.03. The van der Waals surface area contributed by atoms with Gasteiger partial charge in [0.25, 0.3) is 0 Å². The fourth-order valence-corrected chi connectivity index (χ4v) is 4.30. The van der Waals surface area contributed by atoms with E-state index in [1.807, 2.05) is 24.5 Å². The van der Waals surface area contributed by atoms with Gasteiger partial charge in [-0.1, -0.05) is 101 Å². The van der Waals surface area contributed by atoms with Crippen LogP contribution in [-0.2, 0) is 22.0 Å². The maximum atomic E-state index is 9.58. The Balaban J connectivity index is 0.000000222. The van der Waals surface area contributed by atoms with E-state index in [1.54, 1.807) is 38.7 Å². The van der Waals surface area contributed by atoms with Crippen molar-refractivity contribution in [2.24, 2.45) is 7.47 Å². The molecule has 0 saturated heterocycles. The minimum absolute atomic E-state index is 1.16. The predicted molar refractivity (Wildman–Crippen MR) is 179 cm³/mol. The number of rotatable bonds is 12. The van der Waals surface area contributed by atoms with Crippen molar-refractivity contribution >= 4 is 60.5 Å². The monoisotopic (exact) mass is 838 g/mol. The molecule has 0 saturated carbocycles. The zero-order valence-corrected chi connectivity index (χ0v) is 29.1. The third kappa shape index (κ3) is 12.8. The van der Waals surface area contributed by atoms with Crippen molar-refractivity contribution in [1.29, 1.82) is 0 Å². The van der Waals surface area contributed by atoms with Crippen LogP contribution < -0.4 is 0 Å². The molecular weight excluding hydrogens is 798 g/mol. The predicted octanol–water partition coefficient (Wildman–Crippen LogP) is 10.9. The first-order valence-electron chi connectivity index (χ1n) is 13.5. The number of pyridine rings is 2. The summed E-state index contributed by atoms with van der Waals surface area (Å²) in [5, 5.41) is 2.52. The second kappa shape index (κ2) is 19.6. The van der Waals surface area contributed by atoms with Crippen LogP contribution in [0.3, 0.4) is 0 Å². The summed E-state index contributed by atoms with van der Waals surface area (Å²) in [4.78, 5) is 28.1. The SMILES string of the molecule is CCCCCCc1cccc2cccnc12.CCCCCCc1cccc2cccnc12.O=[N][Mo]([I])([I])[N]=O. The number of unbranched alkanes of at least 4 members (excludes halogenated alkanes) is 6. The Hall–Kier alpha value is -1.39. The number of fused-ring (bicyclic) bond motifs is 2. The molecule has 0 aliphatic carbocycles. The number of halogens is 2. The van der Waals surface area contributed by atoms with Gasteiger partial charge in [0, 0.05) is 23.2 Å². The van der Waals surface area contributed by atoms with Crippen molar-refractivity contribution in [2.45, 2.75) is 78.1 Å². The van der Waals surface area contributed by atoms with Crippen LogP contribution in [-0.4, -0.2) is 9.97 Å². The molecule has 0 atom stereocenters.